The first-order valence-corrected chi connectivity index (χ1v) is 2.69. The van der Waals surface area contributed by atoms with Crippen LogP contribution in [0.3, 0.4) is 0 Å². The van der Waals surface area contributed by atoms with Gasteiger partial charge in [-0.1, -0.05) is 12.1 Å². The highest BCUT2D eigenvalue weighted by molar-refractivity contribution is 5.75. The molecule has 0 unspecified atom stereocenters. The molecule has 0 saturated carbocycles. The largest absolute Gasteiger partial charge is 0.277 e. The second-order valence-corrected chi connectivity index (χ2v) is 1.79. The zero-order valence-electron chi connectivity index (χ0n) is 4.68. The van der Waals surface area contributed by atoms with E-state index in [-0.39, 0.29) is 0 Å². The maximum Gasteiger partial charge on any atom is 0.121 e. The van der Waals surface area contributed by atoms with E-state index >= 15 is 0 Å². The fraction of sp³-hybridized carbons (Fsp3) is 0. The molecule has 0 aliphatic heterocycles. The number of hydrogen-bond acceptors (Lipinski definition) is 1. The van der Waals surface area contributed by atoms with Gasteiger partial charge in [-0.15, -0.1) is 0 Å². The lowest BCUT2D eigenvalue weighted by atomic mass is 10.3. The average Bonchev–Trinajstić information content (AvgIpc) is 2.33. The molecule has 0 saturated heterocycles. The summed E-state index contributed by atoms with van der Waals surface area (Å²) in [5.74, 6) is 0. The summed E-state index contributed by atoms with van der Waals surface area (Å²) in [6.45, 7) is 0. The SMILES string of the molecule is [c]1cccc2[nH]n[c]c12. The standard InChI is InChI=1S/C7H4N2/c1-2-4-7-6(3-1)5-8-9-7/h1-2,4H,(H,8,9). The molecule has 0 spiro atoms. The van der Waals surface area contributed by atoms with Crippen molar-refractivity contribution < 1.29 is 0 Å². The molecule has 0 amide bonds. The lowest BCUT2D eigenvalue weighted by Crippen LogP contribution is -1.64. The van der Waals surface area contributed by atoms with E-state index in [1.165, 1.54) is 0 Å². The number of hydrogen-bond donors (Lipinski definition) is 1. The van der Waals surface area contributed by atoms with E-state index in [1.54, 1.807) is 0 Å². The van der Waals surface area contributed by atoms with Crippen LogP contribution >= 0.6 is 0 Å². The number of aromatic amines is 1. The Hall–Kier alpha value is -1.31. The van der Waals surface area contributed by atoms with Crippen LogP contribution in [0.1, 0.15) is 0 Å². The van der Waals surface area contributed by atoms with Crippen LogP contribution in [0.2, 0.25) is 0 Å². The van der Waals surface area contributed by atoms with Crippen LogP contribution in [0.15, 0.2) is 18.2 Å². The number of nitrogens with zero attached hydrogens (tertiary/aromatic N) is 1. The van der Waals surface area contributed by atoms with Crippen molar-refractivity contribution in [2.45, 2.75) is 0 Å². The minimum Gasteiger partial charge on any atom is -0.277 e. The van der Waals surface area contributed by atoms with E-state index in [1.807, 2.05) is 18.2 Å². The summed E-state index contributed by atoms with van der Waals surface area (Å²) in [5, 5.41) is 7.42. The van der Waals surface area contributed by atoms with E-state index < -0.39 is 0 Å². The van der Waals surface area contributed by atoms with Gasteiger partial charge in [-0.3, -0.25) is 5.10 Å². The van der Waals surface area contributed by atoms with E-state index in [0.29, 0.717) is 0 Å². The van der Waals surface area contributed by atoms with Gasteiger partial charge in [-0.05, 0) is 12.1 Å². The zero-order valence-corrected chi connectivity index (χ0v) is 4.68. The third kappa shape index (κ3) is 0.598. The minimum atomic E-state index is 0.914. The summed E-state index contributed by atoms with van der Waals surface area (Å²) in [5.41, 5.74) is 0.984. The molecule has 42 valence electrons. The average molecular weight is 116 g/mol. The summed E-state index contributed by atoms with van der Waals surface area (Å²) >= 11 is 0. The van der Waals surface area contributed by atoms with E-state index in [0.717, 1.165) is 10.9 Å². The van der Waals surface area contributed by atoms with Gasteiger partial charge in [0.2, 0.25) is 0 Å². The molecule has 1 aromatic carbocycles. The summed E-state index contributed by atoms with van der Waals surface area (Å²) in [7, 11) is 0. The van der Waals surface area contributed by atoms with Gasteiger partial charge in [0, 0.05) is 5.39 Å². The summed E-state index contributed by atoms with van der Waals surface area (Å²) in [4.78, 5) is 0. The molecule has 1 aromatic heterocycles. The molecule has 9 heavy (non-hydrogen) atoms. The molecule has 1 N–H and O–H groups in total. The Kier molecular flexibility index (Phi) is 0.803. The van der Waals surface area contributed by atoms with Crippen molar-refractivity contribution in [3.63, 3.8) is 0 Å². The first-order chi connectivity index (χ1) is 4.47. The van der Waals surface area contributed by atoms with Crippen LogP contribution in [0.4, 0.5) is 0 Å². The van der Waals surface area contributed by atoms with Crippen LogP contribution < -0.4 is 0 Å². The molecule has 2 radical (unpaired) electrons. The molecule has 0 fully saturated rings. The maximum atomic E-state index is 3.72. The van der Waals surface area contributed by atoms with Gasteiger partial charge >= 0.3 is 0 Å². The Balaban J connectivity index is 2.95. The highest BCUT2D eigenvalue weighted by atomic mass is 15.1. The highest BCUT2D eigenvalue weighted by Gasteiger charge is 1.89. The van der Waals surface area contributed by atoms with Gasteiger partial charge in [0.15, 0.2) is 0 Å². The molecule has 2 nitrogen and oxygen atoms in total. The molecule has 2 aromatic rings. The fourth-order valence-corrected chi connectivity index (χ4v) is 0.767. The maximum absolute atomic E-state index is 3.72. The molecule has 0 aliphatic rings. The van der Waals surface area contributed by atoms with Gasteiger partial charge < -0.3 is 0 Å². The van der Waals surface area contributed by atoms with Crippen LogP contribution in [-0.2, 0) is 0 Å². The number of rotatable bonds is 0. The smallest absolute Gasteiger partial charge is 0.121 e. The second-order valence-electron chi connectivity index (χ2n) is 1.79. The van der Waals surface area contributed by atoms with Gasteiger partial charge in [-0.2, -0.15) is 5.10 Å². The van der Waals surface area contributed by atoms with Gasteiger partial charge in [0.05, 0.1) is 5.52 Å². The van der Waals surface area contributed by atoms with Gasteiger partial charge in [-0.25, -0.2) is 0 Å². The molecule has 2 rings (SSSR count). The van der Waals surface area contributed by atoms with Crippen molar-refractivity contribution in [1.29, 1.82) is 0 Å². The Labute approximate surface area is 52.5 Å². The molecule has 1 heterocycles. The van der Waals surface area contributed by atoms with Crippen LogP contribution in [0.25, 0.3) is 10.9 Å². The molecule has 0 atom stereocenters. The molecule has 2 heteroatoms. The van der Waals surface area contributed by atoms with E-state index in [9.17, 15) is 0 Å². The Morgan fingerprint density at radius 1 is 1.56 bits per heavy atom. The Bertz CT molecular complexity index is 281. The number of aromatic nitrogens is 2. The lowest BCUT2D eigenvalue weighted by molar-refractivity contribution is 1.11. The van der Waals surface area contributed by atoms with Crippen LogP contribution in [-0.4, -0.2) is 10.2 Å². The van der Waals surface area contributed by atoms with Crippen molar-refractivity contribution in [2.75, 3.05) is 0 Å². The number of benzene rings is 1. The van der Waals surface area contributed by atoms with Crippen molar-refractivity contribution in [3.8, 4) is 0 Å². The summed E-state index contributed by atoms with van der Waals surface area (Å²) in [6, 6.07) is 8.67. The van der Waals surface area contributed by atoms with Crippen LogP contribution in [0.5, 0.6) is 0 Å². The first-order valence-electron chi connectivity index (χ1n) is 2.69. The fourth-order valence-electron chi connectivity index (χ4n) is 0.767. The molecule has 0 aliphatic carbocycles. The van der Waals surface area contributed by atoms with Crippen molar-refractivity contribution in [3.05, 3.63) is 30.5 Å². The minimum absolute atomic E-state index is 0.914. The first kappa shape index (κ1) is 4.56. The van der Waals surface area contributed by atoms with E-state index in [4.69, 9.17) is 0 Å². The van der Waals surface area contributed by atoms with E-state index in [2.05, 4.69) is 22.5 Å². The second kappa shape index (κ2) is 1.58. The topological polar surface area (TPSA) is 28.7 Å². The third-order valence-corrected chi connectivity index (χ3v) is 1.20. The van der Waals surface area contributed by atoms with Crippen LogP contribution in [0, 0.1) is 12.3 Å². The highest BCUT2D eigenvalue weighted by Crippen LogP contribution is 2.05. The quantitative estimate of drug-likeness (QED) is 0.549. The van der Waals surface area contributed by atoms with Gasteiger partial charge in [0.25, 0.3) is 0 Å². The number of nitrogens with one attached hydrogen (secondary N) is 1. The predicted octanol–water partition coefficient (Wildman–Crippen LogP) is 1.16. The number of H-pyrrole nitrogens is 1. The predicted molar refractivity (Wildman–Crippen MR) is 33.8 cm³/mol. The Morgan fingerprint density at radius 2 is 2.56 bits per heavy atom. The summed E-state index contributed by atoms with van der Waals surface area (Å²) < 4.78 is 0. The molecule has 0 bridgehead atoms. The normalized spacial score (nSPS) is 10.2. The number of fused-ring (bicyclic) bond motifs is 1. The zero-order chi connectivity index (χ0) is 6.10. The third-order valence-electron chi connectivity index (χ3n) is 1.20. The molecular formula is C7H4N2. The molecular weight excluding hydrogens is 112 g/mol. The summed E-state index contributed by atoms with van der Waals surface area (Å²) in [6.07, 6.45) is 2.76. The van der Waals surface area contributed by atoms with Gasteiger partial charge in [0.1, 0.15) is 6.20 Å². The van der Waals surface area contributed by atoms with Crippen molar-refractivity contribution in [2.24, 2.45) is 0 Å². The lowest BCUT2D eigenvalue weighted by Gasteiger charge is -1.80. The van der Waals surface area contributed by atoms with Crippen molar-refractivity contribution in [1.82, 2.24) is 10.2 Å². The van der Waals surface area contributed by atoms with Crippen molar-refractivity contribution >= 4 is 10.9 Å². The monoisotopic (exact) mass is 116 g/mol. The Morgan fingerprint density at radius 3 is 3.44 bits per heavy atom.